The summed E-state index contributed by atoms with van der Waals surface area (Å²) in [4.78, 5) is 13.0. The van der Waals surface area contributed by atoms with Gasteiger partial charge in [-0.2, -0.15) is 0 Å². The van der Waals surface area contributed by atoms with E-state index < -0.39 is 0 Å². The van der Waals surface area contributed by atoms with Crippen LogP contribution < -0.4 is 19.5 Å². The Balaban J connectivity index is 1.38. The average Bonchev–Trinajstić information content (AvgIpc) is 3.31. The van der Waals surface area contributed by atoms with Crippen molar-refractivity contribution in [1.29, 1.82) is 0 Å². The second-order valence-corrected chi connectivity index (χ2v) is 7.46. The first kappa shape index (κ1) is 18.0. The maximum absolute atomic E-state index is 12.4. The summed E-state index contributed by atoms with van der Waals surface area (Å²) in [5, 5.41) is 5.56. The molecule has 8 heteroatoms. The van der Waals surface area contributed by atoms with Crippen molar-refractivity contribution in [2.24, 2.45) is 0 Å². The van der Waals surface area contributed by atoms with Gasteiger partial charge in [-0.15, -0.1) is 11.3 Å². The molecule has 2 heterocycles. The van der Waals surface area contributed by atoms with Gasteiger partial charge in [0, 0.05) is 16.7 Å². The Morgan fingerprint density at radius 1 is 1.11 bits per heavy atom. The monoisotopic (exact) mass is 421 g/mol. The lowest BCUT2D eigenvalue weighted by molar-refractivity contribution is 0.103. The normalized spacial score (nSPS) is 12.1. The molecule has 0 saturated carbocycles. The fourth-order valence-electron chi connectivity index (χ4n) is 2.48. The zero-order valence-electron chi connectivity index (χ0n) is 13.8. The zero-order chi connectivity index (χ0) is 18.8. The summed E-state index contributed by atoms with van der Waals surface area (Å²) < 4.78 is 16.4. The number of hydrogen-bond donors (Lipinski definition) is 1. The number of ether oxygens (including phenoxy) is 3. The van der Waals surface area contributed by atoms with Crippen LogP contribution in [0.2, 0.25) is 10.0 Å². The Bertz CT molecular complexity index is 1010. The number of anilines is 1. The van der Waals surface area contributed by atoms with Crippen LogP contribution in [0.25, 0.3) is 0 Å². The maximum Gasteiger partial charge on any atom is 0.265 e. The fourth-order valence-corrected chi connectivity index (χ4v) is 3.73. The molecule has 0 unspecified atom stereocenters. The smallest absolute Gasteiger partial charge is 0.265 e. The average molecular weight is 422 g/mol. The van der Waals surface area contributed by atoms with E-state index in [2.05, 4.69) is 5.32 Å². The molecule has 4 rings (SSSR count). The highest BCUT2D eigenvalue weighted by Gasteiger charge is 2.15. The highest BCUT2D eigenvalue weighted by Crippen LogP contribution is 2.35. The third-order valence-electron chi connectivity index (χ3n) is 3.81. The third-order valence-corrected chi connectivity index (χ3v) is 5.33. The van der Waals surface area contributed by atoms with Crippen molar-refractivity contribution in [2.75, 3.05) is 12.1 Å². The van der Waals surface area contributed by atoms with Gasteiger partial charge < -0.3 is 19.5 Å². The SMILES string of the molecule is O=C(Nc1ccc(Cl)cc1Cl)c1cc(COc2ccc3c(c2)OCO3)cs1. The molecular weight excluding hydrogens is 409 g/mol. The Hall–Kier alpha value is -2.41. The second kappa shape index (κ2) is 7.68. The first-order chi connectivity index (χ1) is 13.1. The largest absolute Gasteiger partial charge is 0.489 e. The van der Waals surface area contributed by atoms with Gasteiger partial charge in [0.25, 0.3) is 5.91 Å². The van der Waals surface area contributed by atoms with Gasteiger partial charge in [-0.1, -0.05) is 23.2 Å². The van der Waals surface area contributed by atoms with E-state index in [1.807, 2.05) is 11.4 Å². The molecule has 3 aromatic rings. The lowest BCUT2D eigenvalue weighted by atomic mass is 10.3. The van der Waals surface area contributed by atoms with Crippen molar-refractivity contribution in [1.82, 2.24) is 0 Å². The van der Waals surface area contributed by atoms with E-state index in [0.717, 1.165) is 5.56 Å². The molecule has 1 aliphatic heterocycles. The third kappa shape index (κ3) is 4.13. The van der Waals surface area contributed by atoms with Gasteiger partial charge in [-0.3, -0.25) is 4.79 Å². The second-order valence-electron chi connectivity index (χ2n) is 5.70. The van der Waals surface area contributed by atoms with Crippen molar-refractivity contribution in [3.63, 3.8) is 0 Å². The summed E-state index contributed by atoms with van der Waals surface area (Å²) in [6.45, 7) is 0.560. The Morgan fingerprint density at radius 3 is 2.81 bits per heavy atom. The number of thiophene rings is 1. The van der Waals surface area contributed by atoms with Crippen LogP contribution in [-0.2, 0) is 6.61 Å². The van der Waals surface area contributed by atoms with E-state index >= 15 is 0 Å². The number of halogens is 2. The lowest BCUT2D eigenvalue weighted by Gasteiger charge is -2.06. The number of carbonyl (C=O) groups is 1. The number of benzene rings is 2. The van der Waals surface area contributed by atoms with Gasteiger partial charge in [0.1, 0.15) is 12.4 Å². The van der Waals surface area contributed by atoms with E-state index in [9.17, 15) is 4.79 Å². The first-order valence-corrected chi connectivity index (χ1v) is 9.58. The van der Waals surface area contributed by atoms with Crippen LogP contribution in [0.3, 0.4) is 0 Å². The van der Waals surface area contributed by atoms with Gasteiger partial charge in [0.2, 0.25) is 6.79 Å². The molecule has 0 fully saturated rings. The predicted octanol–water partition coefficient (Wildman–Crippen LogP) is 5.61. The molecule has 1 aromatic heterocycles. The van der Waals surface area contributed by atoms with Gasteiger partial charge >= 0.3 is 0 Å². The molecular formula is C19H13Cl2NO4S. The number of fused-ring (bicyclic) bond motifs is 1. The van der Waals surface area contributed by atoms with Crippen molar-refractivity contribution in [3.8, 4) is 17.2 Å². The molecule has 1 aliphatic rings. The Labute approximate surface area is 169 Å². The van der Waals surface area contributed by atoms with E-state index in [4.69, 9.17) is 37.4 Å². The van der Waals surface area contributed by atoms with Crippen LogP contribution in [0.1, 0.15) is 15.2 Å². The topological polar surface area (TPSA) is 56.8 Å². The highest BCUT2D eigenvalue weighted by atomic mass is 35.5. The maximum atomic E-state index is 12.4. The summed E-state index contributed by atoms with van der Waals surface area (Å²) in [6.07, 6.45) is 0. The minimum Gasteiger partial charge on any atom is -0.489 e. The molecule has 2 aromatic carbocycles. The van der Waals surface area contributed by atoms with Gasteiger partial charge in [-0.05, 0) is 41.8 Å². The zero-order valence-corrected chi connectivity index (χ0v) is 16.2. The van der Waals surface area contributed by atoms with E-state index in [1.165, 1.54) is 11.3 Å². The summed E-state index contributed by atoms with van der Waals surface area (Å²) in [6, 6.07) is 12.1. The molecule has 27 heavy (non-hydrogen) atoms. The quantitative estimate of drug-likeness (QED) is 0.580. The van der Waals surface area contributed by atoms with Gasteiger partial charge in [0.15, 0.2) is 11.5 Å². The Kier molecular flexibility index (Phi) is 5.11. The number of nitrogens with one attached hydrogen (secondary N) is 1. The van der Waals surface area contributed by atoms with Crippen LogP contribution >= 0.6 is 34.5 Å². The van der Waals surface area contributed by atoms with Crippen LogP contribution in [0.4, 0.5) is 5.69 Å². The van der Waals surface area contributed by atoms with Crippen LogP contribution in [0.15, 0.2) is 47.8 Å². The summed E-state index contributed by atoms with van der Waals surface area (Å²) in [7, 11) is 0. The van der Waals surface area contributed by atoms with E-state index in [-0.39, 0.29) is 12.7 Å². The molecule has 5 nitrogen and oxygen atoms in total. The van der Waals surface area contributed by atoms with Crippen molar-refractivity contribution in [3.05, 3.63) is 68.3 Å². The molecule has 0 bridgehead atoms. The van der Waals surface area contributed by atoms with Gasteiger partial charge in [-0.25, -0.2) is 0 Å². The predicted molar refractivity (Wildman–Crippen MR) is 106 cm³/mol. The van der Waals surface area contributed by atoms with E-state index in [0.29, 0.717) is 44.5 Å². The first-order valence-electron chi connectivity index (χ1n) is 7.95. The van der Waals surface area contributed by atoms with Crippen LogP contribution in [0, 0.1) is 0 Å². The summed E-state index contributed by atoms with van der Waals surface area (Å²) in [5.74, 6) is 1.80. The fraction of sp³-hybridized carbons (Fsp3) is 0.105. The minimum atomic E-state index is -0.237. The number of amides is 1. The molecule has 138 valence electrons. The lowest BCUT2D eigenvalue weighted by Crippen LogP contribution is -2.10. The van der Waals surface area contributed by atoms with Crippen LogP contribution in [0.5, 0.6) is 17.2 Å². The number of rotatable bonds is 5. The standard InChI is InChI=1S/C19H13Cl2NO4S/c20-12-1-3-15(14(21)6-12)22-19(23)18-5-11(9-27-18)8-24-13-2-4-16-17(7-13)26-10-25-16/h1-7,9H,8,10H2,(H,22,23). The molecule has 0 spiro atoms. The molecule has 0 aliphatic carbocycles. The molecule has 0 saturated heterocycles. The van der Waals surface area contributed by atoms with Crippen molar-refractivity contribution in [2.45, 2.75) is 6.61 Å². The van der Waals surface area contributed by atoms with Crippen molar-refractivity contribution < 1.29 is 19.0 Å². The number of hydrogen-bond acceptors (Lipinski definition) is 5. The number of carbonyl (C=O) groups excluding carboxylic acids is 1. The minimum absolute atomic E-state index is 0.222. The van der Waals surface area contributed by atoms with Crippen LogP contribution in [-0.4, -0.2) is 12.7 Å². The molecule has 1 N–H and O–H groups in total. The molecule has 1 amide bonds. The van der Waals surface area contributed by atoms with Crippen molar-refractivity contribution >= 4 is 46.1 Å². The highest BCUT2D eigenvalue weighted by molar-refractivity contribution is 7.12. The van der Waals surface area contributed by atoms with E-state index in [1.54, 1.807) is 36.4 Å². The Morgan fingerprint density at radius 2 is 1.96 bits per heavy atom. The molecule has 0 radical (unpaired) electrons. The van der Waals surface area contributed by atoms with Gasteiger partial charge in [0.05, 0.1) is 15.6 Å². The molecule has 0 atom stereocenters. The summed E-state index contributed by atoms with van der Waals surface area (Å²) in [5.41, 5.74) is 1.41. The summed E-state index contributed by atoms with van der Waals surface area (Å²) >= 11 is 13.3.